The highest BCUT2D eigenvalue weighted by molar-refractivity contribution is 6.35. The summed E-state index contributed by atoms with van der Waals surface area (Å²) >= 11 is 11.8. The van der Waals surface area contributed by atoms with Crippen molar-refractivity contribution in [2.24, 2.45) is 11.7 Å². The number of halogens is 2. The fourth-order valence-corrected chi connectivity index (χ4v) is 2.35. The quantitative estimate of drug-likeness (QED) is 0.788. The number of nitrogens with two attached hydrogens (primary N) is 1. The molecule has 2 aromatic rings. The van der Waals surface area contributed by atoms with Gasteiger partial charge in [-0.1, -0.05) is 43.5 Å². The molecule has 1 heterocycles. The molecule has 2 atom stereocenters. The first-order valence-corrected chi connectivity index (χ1v) is 8.31. The summed E-state index contributed by atoms with van der Waals surface area (Å²) in [6.07, 6.45) is 2.30. The lowest BCUT2D eigenvalue weighted by Crippen LogP contribution is -2.40. The molecule has 3 N–H and O–H groups in total. The summed E-state index contributed by atoms with van der Waals surface area (Å²) in [5.41, 5.74) is 6.55. The van der Waals surface area contributed by atoms with Crippen LogP contribution < -0.4 is 15.8 Å². The molecule has 128 valence electrons. The van der Waals surface area contributed by atoms with Crippen molar-refractivity contribution < 1.29 is 9.53 Å². The molecule has 1 aromatic heterocycles. The van der Waals surface area contributed by atoms with Crippen LogP contribution in [0.2, 0.25) is 10.0 Å². The minimum atomic E-state index is -0.539. The zero-order valence-electron chi connectivity index (χ0n) is 13.4. The summed E-state index contributed by atoms with van der Waals surface area (Å²) in [5, 5.41) is 3.54. The van der Waals surface area contributed by atoms with E-state index in [0.717, 1.165) is 6.42 Å². The zero-order valence-corrected chi connectivity index (χ0v) is 14.9. The molecule has 2 unspecified atom stereocenters. The molecule has 0 radical (unpaired) electrons. The van der Waals surface area contributed by atoms with Crippen molar-refractivity contribution in [3.05, 3.63) is 46.6 Å². The second kappa shape index (κ2) is 8.33. The van der Waals surface area contributed by atoms with Crippen molar-refractivity contribution in [1.29, 1.82) is 0 Å². The van der Waals surface area contributed by atoms with Gasteiger partial charge >= 0.3 is 0 Å². The smallest absolute Gasteiger partial charge is 0.241 e. The van der Waals surface area contributed by atoms with Crippen LogP contribution >= 0.6 is 23.2 Å². The Hall–Kier alpha value is -1.82. The number of hydrogen-bond acceptors (Lipinski definition) is 4. The van der Waals surface area contributed by atoms with Gasteiger partial charge in [0.1, 0.15) is 10.8 Å². The number of aromatic nitrogens is 1. The highest BCUT2D eigenvalue weighted by Gasteiger charge is 2.19. The number of anilines is 1. The van der Waals surface area contributed by atoms with Crippen molar-refractivity contribution in [1.82, 2.24) is 4.98 Å². The average Bonchev–Trinajstić information content (AvgIpc) is 2.57. The summed E-state index contributed by atoms with van der Waals surface area (Å²) in [6, 6.07) is 7.87. The van der Waals surface area contributed by atoms with E-state index in [1.54, 1.807) is 30.3 Å². The molecule has 0 bridgehead atoms. The molecule has 0 aliphatic heterocycles. The fraction of sp³-hybridized carbons (Fsp3) is 0.294. The predicted octanol–water partition coefficient (Wildman–Crippen LogP) is 4.49. The number of carbonyl (C=O) groups is 1. The number of ether oxygens (including phenoxy) is 1. The normalized spacial score (nSPS) is 13.2. The molecule has 7 heteroatoms. The van der Waals surface area contributed by atoms with Gasteiger partial charge in [-0.05, 0) is 36.2 Å². The molecular formula is C17H19Cl2N3O2. The van der Waals surface area contributed by atoms with Gasteiger partial charge in [0.05, 0.1) is 11.1 Å². The number of nitrogens with one attached hydrogen (secondary N) is 1. The van der Waals surface area contributed by atoms with E-state index in [9.17, 15) is 4.79 Å². The van der Waals surface area contributed by atoms with E-state index < -0.39 is 6.04 Å². The third-order valence-electron chi connectivity index (χ3n) is 3.67. The van der Waals surface area contributed by atoms with Crippen LogP contribution in [0, 0.1) is 5.92 Å². The van der Waals surface area contributed by atoms with Crippen LogP contribution in [-0.4, -0.2) is 16.9 Å². The van der Waals surface area contributed by atoms with Crippen molar-refractivity contribution in [2.45, 2.75) is 26.3 Å². The number of rotatable bonds is 6. The second-order valence-corrected chi connectivity index (χ2v) is 6.31. The van der Waals surface area contributed by atoms with Gasteiger partial charge in [0.25, 0.3) is 0 Å². The Morgan fingerprint density at radius 2 is 2.00 bits per heavy atom. The summed E-state index contributed by atoms with van der Waals surface area (Å²) in [6.45, 7) is 3.95. The summed E-state index contributed by atoms with van der Waals surface area (Å²) < 4.78 is 5.59. The van der Waals surface area contributed by atoms with Gasteiger partial charge in [-0.25, -0.2) is 4.98 Å². The van der Waals surface area contributed by atoms with Crippen molar-refractivity contribution in [3.8, 4) is 11.6 Å². The molecule has 1 aromatic carbocycles. The fourth-order valence-electron chi connectivity index (χ4n) is 1.93. The maximum atomic E-state index is 12.1. The van der Waals surface area contributed by atoms with E-state index in [-0.39, 0.29) is 17.7 Å². The standard InChI is InChI=1S/C17H19Cl2N3O2/c1-3-10(2)15(20)16(23)22-12-4-6-13(7-5-12)24-17-14(19)8-11(18)9-21-17/h4-10,15H,3,20H2,1-2H3,(H,22,23). The first-order chi connectivity index (χ1) is 11.4. The third-order valence-corrected chi connectivity index (χ3v) is 4.15. The number of pyridine rings is 1. The third kappa shape index (κ3) is 4.84. The molecule has 0 fully saturated rings. The Labute approximate surface area is 151 Å². The van der Waals surface area contributed by atoms with Crippen molar-refractivity contribution >= 4 is 34.8 Å². The second-order valence-electron chi connectivity index (χ2n) is 5.47. The van der Waals surface area contributed by atoms with Gasteiger partial charge in [0.15, 0.2) is 0 Å². The van der Waals surface area contributed by atoms with E-state index in [4.69, 9.17) is 33.7 Å². The lowest BCUT2D eigenvalue weighted by molar-refractivity contribution is -0.118. The minimum Gasteiger partial charge on any atom is -0.438 e. The van der Waals surface area contributed by atoms with Gasteiger partial charge in [-0.3, -0.25) is 4.79 Å². The van der Waals surface area contributed by atoms with E-state index in [1.807, 2.05) is 13.8 Å². The van der Waals surface area contributed by atoms with E-state index >= 15 is 0 Å². The Morgan fingerprint density at radius 1 is 1.33 bits per heavy atom. The number of hydrogen-bond donors (Lipinski definition) is 2. The molecule has 2 rings (SSSR count). The van der Waals surface area contributed by atoms with Crippen LogP contribution in [0.15, 0.2) is 36.5 Å². The Kier molecular flexibility index (Phi) is 6.43. The lowest BCUT2D eigenvalue weighted by atomic mass is 9.99. The molecule has 0 spiro atoms. The number of benzene rings is 1. The Morgan fingerprint density at radius 3 is 2.58 bits per heavy atom. The SMILES string of the molecule is CCC(C)C(N)C(=O)Nc1ccc(Oc2ncc(Cl)cc2Cl)cc1. The van der Waals surface area contributed by atoms with Gasteiger partial charge in [0, 0.05) is 11.9 Å². The van der Waals surface area contributed by atoms with E-state index in [2.05, 4.69) is 10.3 Å². The highest BCUT2D eigenvalue weighted by Crippen LogP contribution is 2.29. The van der Waals surface area contributed by atoms with Gasteiger partial charge in [-0.2, -0.15) is 0 Å². The van der Waals surface area contributed by atoms with Crippen LogP contribution in [0.25, 0.3) is 0 Å². The van der Waals surface area contributed by atoms with E-state index in [1.165, 1.54) is 6.20 Å². The minimum absolute atomic E-state index is 0.116. The van der Waals surface area contributed by atoms with Gasteiger partial charge in [0.2, 0.25) is 11.8 Å². The van der Waals surface area contributed by atoms with Crippen molar-refractivity contribution in [3.63, 3.8) is 0 Å². The molecule has 0 saturated heterocycles. The van der Waals surface area contributed by atoms with Gasteiger partial charge < -0.3 is 15.8 Å². The molecule has 1 amide bonds. The van der Waals surface area contributed by atoms with E-state index in [0.29, 0.717) is 21.5 Å². The van der Waals surface area contributed by atoms with Crippen LogP contribution in [-0.2, 0) is 4.79 Å². The topological polar surface area (TPSA) is 77.2 Å². The largest absolute Gasteiger partial charge is 0.438 e. The summed E-state index contributed by atoms with van der Waals surface area (Å²) in [7, 11) is 0. The first kappa shape index (κ1) is 18.5. The monoisotopic (exact) mass is 367 g/mol. The summed E-state index contributed by atoms with van der Waals surface area (Å²) in [5.74, 6) is 0.707. The van der Waals surface area contributed by atoms with Crippen LogP contribution in [0.5, 0.6) is 11.6 Å². The first-order valence-electron chi connectivity index (χ1n) is 7.56. The maximum Gasteiger partial charge on any atom is 0.241 e. The van der Waals surface area contributed by atoms with Crippen LogP contribution in [0.3, 0.4) is 0 Å². The summed E-state index contributed by atoms with van der Waals surface area (Å²) in [4.78, 5) is 16.1. The number of nitrogens with zero attached hydrogens (tertiary/aromatic N) is 1. The van der Waals surface area contributed by atoms with Crippen LogP contribution in [0.1, 0.15) is 20.3 Å². The highest BCUT2D eigenvalue weighted by atomic mass is 35.5. The Balaban J connectivity index is 2.01. The molecule has 0 saturated carbocycles. The lowest BCUT2D eigenvalue weighted by Gasteiger charge is -2.17. The van der Waals surface area contributed by atoms with Gasteiger partial charge in [-0.15, -0.1) is 0 Å². The molecule has 0 aliphatic carbocycles. The number of amides is 1. The average molecular weight is 368 g/mol. The molecule has 24 heavy (non-hydrogen) atoms. The van der Waals surface area contributed by atoms with Crippen LogP contribution in [0.4, 0.5) is 5.69 Å². The zero-order chi connectivity index (χ0) is 17.7. The molecule has 0 aliphatic rings. The Bertz CT molecular complexity index is 707. The maximum absolute atomic E-state index is 12.1. The predicted molar refractivity (Wildman–Crippen MR) is 96.8 cm³/mol. The number of carbonyl (C=O) groups excluding carboxylic acids is 1. The molecular weight excluding hydrogens is 349 g/mol. The van der Waals surface area contributed by atoms with Crippen molar-refractivity contribution in [2.75, 3.05) is 5.32 Å². The molecule has 5 nitrogen and oxygen atoms in total.